The average Bonchev–Trinajstić information content (AvgIpc) is 3.14. The van der Waals surface area contributed by atoms with Crippen LogP contribution >= 0.6 is 11.6 Å². The van der Waals surface area contributed by atoms with Crippen molar-refractivity contribution in [3.05, 3.63) is 101 Å². The van der Waals surface area contributed by atoms with Crippen LogP contribution in [0.3, 0.4) is 0 Å². The van der Waals surface area contributed by atoms with Gasteiger partial charge >= 0.3 is 0 Å². The predicted molar refractivity (Wildman–Crippen MR) is 118 cm³/mol. The van der Waals surface area contributed by atoms with Gasteiger partial charge in [0.05, 0.1) is 18.4 Å². The molecule has 29 heavy (non-hydrogen) atoms. The summed E-state index contributed by atoms with van der Waals surface area (Å²) in [5, 5.41) is 9.85. The van der Waals surface area contributed by atoms with Crippen LogP contribution in [-0.4, -0.2) is 21.0 Å². The molecule has 0 aliphatic heterocycles. The molecule has 0 aliphatic rings. The Morgan fingerprint density at radius 3 is 2.72 bits per heavy atom. The SMILES string of the molecule is Cc1ccc(N/N=C/c2cn(Cc3ccccc3)nc2-c2cccnc2)cc1Cl. The van der Waals surface area contributed by atoms with Crippen LogP contribution in [0, 0.1) is 6.92 Å². The Bertz CT molecular complexity index is 1120. The van der Waals surface area contributed by atoms with Gasteiger partial charge in [0.1, 0.15) is 5.69 Å². The molecule has 0 amide bonds. The zero-order valence-electron chi connectivity index (χ0n) is 16.0. The van der Waals surface area contributed by atoms with Gasteiger partial charge in [-0.25, -0.2) is 0 Å². The number of pyridine rings is 1. The van der Waals surface area contributed by atoms with Crippen molar-refractivity contribution < 1.29 is 0 Å². The van der Waals surface area contributed by atoms with Crippen molar-refractivity contribution in [1.29, 1.82) is 0 Å². The van der Waals surface area contributed by atoms with E-state index in [0.29, 0.717) is 11.6 Å². The topological polar surface area (TPSA) is 55.1 Å². The van der Waals surface area contributed by atoms with E-state index >= 15 is 0 Å². The standard InChI is InChI=1S/C23H20ClN5/c1-17-9-10-21(12-22(17)24)27-26-14-20-16-29(15-18-6-3-2-4-7-18)28-23(20)19-8-5-11-25-13-19/h2-14,16,27H,15H2,1H3/b26-14+. The lowest BCUT2D eigenvalue weighted by molar-refractivity contribution is 0.689. The third kappa shape index (κ3) is 4.70. The minimum atomic E-state index is 0.683. The number of halogens is 1. The quantitative estimate of drug-likeness (QED) is 0.347. The number of nitrogens with zero attached hydrogens (tertiary/aromatic N) is 4. The van der Waals surface area contributed by atoms with Crippen molar-refractivity contribution in [2.75, 3.05) is 5.43 Å². The maximum Gasteiger partial charge on any atom is 0.103 e. The molecule has 4 rings (SSSR count). The molecule has 0 fully saturated rings. The van der Waals surface area contributed by atoms with Crippen molar-refractivity contribution in [3.8, 4) is 11.3 Å². The van der Waals surface area contributed by atoms with Crippen molar-refractivity contribution in [3.63, 3.8) is 0 Å². The Morgan fingerprint density at radius 2 is 1.97 bits per heavy atom. The lowest BCUT2D eigenvalue weighted by atomic mass is 10.1. The van der Waals surface area contributed by atoms with E-state index in [-0.39, 0.29) is 0 Å². The molecule has 144 valence electrons. The molecular formula is C23H20ClN5. The molecule has 4 aromatic rings. The van der Waals surface area contributed by atoms with Crippen LogP contribution in [0.15, 0.2) is 84.4 Å². The maximum atomic E-state index is 6.18. The van der Waals surface area contributed by atoms with Crippen LogP contribution < -0.4 is 5.43 Å². The Labute approximate surface area is 174 Å². The molecule has 5 nitrogen and oxygen atoms in total. The van der Waals surface area contributed by atoms with Crippen molar-refractivity contribution in [1.82, 2.24) is 14.8 Å². The fourth-order valence-electron chi connectivity index (χ4n) is 2.95. The molecule has 0 radical (unpaired) electrons. The van der Waals surface area contributed by atoms with Crippen molar-refractivity contribution in [2.45, 2.75) is 13.5 Å². The zero-order valence-corrected chi connectivity index (χ0v) is 16.7. The number of benzene rings is 2. The molecule has 6 heteroatoms. The number of rotatable bonds is 6. The normalized spacial score (nSPS) is 11.1. The van der Waals surface area contributed by atoms with E-state index in [1.165, 1.54) is 5.56 Å². The first-order valence-electron chi connectivity index (χ1n) is 9.26. The predicted octanol–water partition coefficient (Wildman–Crippen LogP) is 5.40. The number of hydrogen-bond acceptors (Lipinski definition) is 4. The molecule has 2 heterocycles. The van der Waals surface area contributed by atoms with Crippen LogP contribution in [0.25, 0.3) is 11.3 Å². The number of hydrogen-bond donors (Lipinski definition) is 1. The molecule has 2 aromatic heterocycles. The maximum absolute atomic E-state index is 6.18. The fourth-order valence-corrected chi connectivity index (χ4v) is 3.13. The number of aromatic nitrogens is 3. The van der Waals surface area contributed by atoms with Gasteiger partial charge < -0.3 is 0 Å². The average molecular weight is 402 g/mol. The van der Waals surface area contributed by atoms with Crippen LogP contribution in [0.1, 0.15) is 16.7 Å². The molecule has 0 atom stereocenters. The van der Waals surface area contributed by atoms with Crippen LogP contribution in [0.2, 0.25) is 5.02 Å². The molecule has 0 saturated carbocycles. The summed E-state index contributed by atoms with van der Waals surface area (Å²) in [6.07, 6.45) is 7.31. The van der Waals surface area contributed by atoms with Gasteiger partial charge in [-0.2, -0.15) is 10.2 Å². The fraction of sp³-hybridized carbons (Fsp3) is 0.0870. The molecule has 0 spiro atoms. The second kappa shape index (κ2) is 8.71. The first-order valence-corrected chi connectivity index (χ1v) is 9.64. The molecule has 0 bridgehead atoms. The summed E-state index contributed by atoms with van der Waals surface area (Å²) in [6, 6.07) is 19.9. The second-order valence-corrected chi connectivity index (χ2v) is 7.10. The lowest BCUT2D eigenvalue weighted by Crippen LogP contribution is -2.00. The molecule has 0 unspecified atom stereocenters. The highest BCUT2D eigenvalue weighted by Crippen LogP contribution is 2.22. The molecule has 0 aliphatic carbocycles. The number of anilines is 1. The van der Waals surface area contributed by atoms with E-state index in [2.05, 4.69) is 27.6 Å². The minimum Gasteiger partial charge on any atom is -0.278 e. The Hall–Kier alpha value is -3.44. The third-order valence-electron chi connectivity index (χ3n) is 4.48. The Balaban J connectivity index is 1.60. The van der Waals surface area contributed by atoms with Crippen molar-refractivity contribution >= 4 is 23.5 Å². The smallest absolute Gasteiger partial charge is 0.103 e. The van der Waals surface area contributed by atoms with Crippen LogP contribution in [-0.2, 0) is 6.54 Å². The minimum absolute atomic E-state index is 0.683. The highest BCUT2D eigenvalue weighted by Gasteiger charge is 2.10. The third-order valence-corrected chi connectivity index (χ3v) is 4.89. The van der Waals surface area contributed by atoms with Crippen LogP contribution in [0.5, 0.6) is 0 Å². The summed E-state index contributed by atoms with van der Waals surface area (Å²) < 4.78 is 1.92. The van der Waals surface area contributed by atoms with Gasteiger partial charge in [0.15, 0.2) is 0 Å². The summed E-state index contributed by atoms with van der Waals surface area (Å²) in [5.74, 6) is 0. The first-order chi connectivity index (χ1) is 14.2. The summed E-state index contributed by atoms with van der Waals surface area (Å²) in [5.41, 5.74) is 8.76. The monoisotopic (exact) mass is 401 g/mol. The van der Waals surface area contributed by atoms with Gasteiger partial charge in [-0.3, -0.25) is 15.1 Å². The van der Waals surface area contributed by atoms with Gasteiger partial charge in [-0.05, 0) is 42.3 Å². The van der Waals surface area contributed by atoms with E-state index in [0.717, 1.165) is 28.1 Å². The van der Waals surface area contributed by atoms with E-state index in [4.69, 9.17) is 16.7 Å². The summed E-state index contributed by atoms with van der Waals surface area (Å²) in [6.45, 7) is 2.65. The number of nitrogens with one attached hydrogen (secondary N) is 1. The van der Waals surface area contributed by atoms with Gasteiger partial charge in [-0.1, -0.05) is 48.0 Å². The summed E-state index contributed by atoms with van der Waals surface area (Å²) >= 11 is 6.18. The highest BCUT2D eigenvalue weighted by molar-refractivity contribution is 6.31. The first kappa shape index (κ1) is 18.9. The summed E-state index contributed by atoms with van der Waals surface area (Å²) in [4.78, 5) is 4.22. The van der Waals surface area contributed by atoms with E-state index in [1.807, 2.05) is 66.3 Å². The highest BCUT2D eigenvalue weighted by atomic mass is 35.5. The second-order valence-electron chi connectivity index (χ2n) is 6.69. The largest absolute Gasteiger partial charge is 0.278 e. The Morgan fingerprint density at radius 1 is 1.10 bits per heavy atom. The summed E-state index contributed by atoms with van der Waals surface area (Å²) in [7, 11) is 0. The van der Waals surface area contributed by atoms with Crippen LogP contribution in [0.4, 0.5) is 5.69 Å². The molecule has 0 saturated heterocycles. The van der Waals surface area contributed by atoms with E-state index < -0.39 is 0 Å². The Kier molecular flexibility index (Phi) is 5.68. The zero-order chi connectivity index (χ0) is 20.1. The number of aryl methyl sites for hydroxylation is 1. The van der Waals surface area contributed by atoms with E-state index in [9.17, 15) is 0 Å². The van der Waals surface area contributed by atoms with Gasteiger partial charge in [0.25, 0.3) is 0 Å². The number of hydrazone groups is 1. The molecule has 2 aromatic carbocycles. The van der Waals surface area contributed by atoms with Gasteiger partial charge in [-0.15, -0.1) is 0 Å². The van der Waals surface area contributed by atoms with Crippen molar-refractivity contribution in [2.24, 2.45) is 5.10 Å². The molecular weight excluding hydrogens is 382 g/mol. The van der Waals surface area contributed by atoms with Gasteiger partial charge in [0.2, 0.25) is 0 Å². The van der Waals surface area contributed by atoms with E-state index in [1.54, 1.807) is 18.6 Å². The lowest BCUT2D eigenvalue weighted by Gasteiger charge is -2.02. The van der Waals surface area contributed by atoms with Gasteiger partial charge in [0, 0.05) is 34.7 Å². The molecule has 1 N–H and O–H groups in total.